The molecule has 2 saturated heterocycles. The summed E-state index contributed by atoms with van der Waals surface area (Å²) in [4.78, 5) is 21.8. The summed E-state index contributed by atoms with van der Waals surface area (Å²) in [5.41, 5.74) is 7.17. The van der Waals surface area contributed by atoms with E-state index in [1.807, 2.05) is 0 Å². The van der Waals surface area contributed by atoms with E-state index in [0.717, 1.165) is 38.8 Å². The maximum atomic E-state index is 13.5. The van der Waals surface area contributed by atoms with Gasteiger partial charge in [-0.05, 0) is 63.9 Å². The van der Waals surface area contributed by atoms with Gasteiger partial charge in [0.05, 0.1) is 16.3 Å². The zero-order valence-corrected chi connectivity index (χ0v) is 24.9. The molecule has 0 bridgehead atoms. The molecule has 9 nitrogen and oxygen atoms in total. The number of amidine groups is 1. The van der Waals surface area contributed by atoms with E-state index in [-0.39, 0.29) is 23.5 Å². The average molecular weight is 604 g/mol. The highest BCUT2D eigenvalue weighted by Gasteiger charge is 2.33. The molecule has 0 aliphatic carbocycles. The zero-order chi connectivity index (χ0) is 28.9. The Hall–Kier alpha value is -2.18. The molecule has 2 heterocycles. The molecular formula is C26H37Cl2FN6O3S. The number of alkyl halides is 1. The van der Waals surface area contributed by atoms with E-state index in [1.165, 1.54) is 10.6 Å². The number of halogens is 3. The number of nitrogens with zero attached hydrogens (tertiary/aromatic N) is 4. The number of sulfonamides is 1. The third kappa shape index (κ3) is 8.17. The SMILES string of the molecule is C=C(Nc1ccc(Cl)c(Cl)c1)/C(C)=C(\N=C(N)CF)C(=O)N1CCC(N2CCC(N(C)S(C)(=O)=O)CC2)CC1. The van der Waals surface area contributed by atoms with Crippen LogP contribution in [0.2, 0.25) is 10.0 Å². The van der Waals surface area contributed by atoms with Crippen LogP contribution in [0.15, 0.2) is 46.7 Å². The Bertz CT molecular complexity index is 1240. The van der Waals surface area contributed by atoms with Gasteiger partial charge in [-0.2, -0.15) is 0 Å². The normalized spacial score (nSPS) is 19.3. The van der Waals surface area contributed by atoms with Crippen LogP contribution in [0, 0.1) is 0 Å². The third-order valence-electron chi connectivity index (χ3n) is 7.42. The Balaban J connectivity index is 1.66. The number of anilines is 1. The fourth-order valence-corrected chi connectivity index (χ4v) is 5.97. The lowest BCUT2D eigenvalue weighted by molar-refractivity contribution is -0.128. The summed E-state index contributed by atoms with van der Waals surface area (Å²) in [6.45, 7) is 7.37. The number of benzene rings is 1. The summed E-state index contributed by atoms with van der Waals surface area (Å²) in [6, 6.07) is 5.31. The maximum absolute atomic E-state index is 13.5. The predicted molar refractivity (Wildman–Crippen MR) is 156 cm³/mol. The van der Waals surface area contributed by atoms with Crippen molar-refractivity contribution in [3.05, 3.63) is 51.8 Å². The van der Waals surface area contributed by atoms with Crippen LogP contribution in [0.4, 0.5) is 10.1 Å². The van der Waals surface area contributed by atoms with Crippen molar-refractivity contribution in [2.45, 2.75) is 44.7 Å². The van der Waals surface area contributed by atoms with E-state index in [0.29, 0.717) is 46.1 Å². The van der Waals surface area contributed by atoms with Crippen LogP contribution in [-0.4, -0.2) is 92.5 Å². The van der Waals surface area contributed by atoms with Gasteiger partial charge in [0, 0.05) is 49.2 Å². The first-order valence-corrected chi connectivity index (χ1v) is 15.4. The summed E-state index contributed by atoms with van der Waals surface area (Å²) in [7, 11) is -1.58. The molecule has 13 heteroatoms. The number of likely N-dealkylation sites (tertiary alicyclic amines) is 2. The van der Waals surface area contributed by atoms with Gasteiger partial charge in [0.15, 0.2) is 0 Å². The van der Waals surface area contributed by atoms with Gasteiger partial charge < -0.3 is 20.9 Å². The summed E-state index contributed by atoms with van der Waals surface area (Å²) < 4.78 is 38.5. The Morgan fingerprint density at radius 3 is 2.33 bits per heavy atom. The number of hydrogen-bond donors (Lipinski definition) is 2. The number of piperidine rings is 2. The topological polar surface area (TPSA) is 111 Å². The monoisotopic (exact) mass is 602 g/mol. The fourth-order valence-electron chi connectivity index (χ4n) is 4.92. The van der Waals surface area contributed by atoms with Crippen molar-refractivity contribution < 1.29 is 17.6 Å². The highest BCUT2D eigenvalue weighted by molar-refractivity contribution is 7.88. The minimum atomic E-state index is -3.21. The molecule has 0 saturated carbocycles. The smallest absolute Gasteiger partial charge is 0.272 e. The molecule has 0 aromatic heterocycles. The molecule has 2 aliphatic rings. The third-order valence-corrected chi connectivity index (χ3v) is 9.51. The number of aliphatic imine (C=N–C) groups is 1. The number of nitrogens with one attached hydrogen (secondary N) is 1. The molecule has 0 unspecified atom stereocenters. The highest BCUT2D eigenvalue weighted by atomic mass is 35.5. The molecule has 0 radical (unpaired) electrons. The molecule has 1 amide bonds. The Kier molecular flexibility index (Phi) is 10.8. The van der Waals surface area contributed by atoms with Gasteiger partial charge >= 0.3 is 0 Å². The van der Waals surface area contributed by atoms with Crippen molar-refractivity contribution in [2.75, 3.05) is 51.5 Å². The second-order valence-corrected chi connectivity index (χ2v) is 12.9. The van der Waals surface area contributed by atoms with Crippen LogP contribution >= 0.6 is 23.2 Å². The molecule has 2 aliphatic heterocycles. The van der Waals surface area contributed by atoms with Gasteiger partial charge in [0.25, 0.3) is 5.91 Å². The summed E-state index contributed by atoms with van der Waals surface area (Å²) >= 11 is 12.1. The molecule has 216 valence electrons. The number of hydrogen-bond acceptors (Lipinski definition) is 6. The number of rotatable bonds is 9. The maximum Gasteiger partial charge on any atom is 0.272 e. The van der Waals surface area contributed by atoms with E-state index in [9.17, 15) is 17.6 Å². The van der Waals surface area contributed by atoms with E-state index in [1.54, 1.807) is 37.1 Å². The fraction of sp³-hybridized carbons (Fsp3) is 0.538. The van der Waals surface area contributed by atoms with Gasteiger partial charge in [-0.3, -0.25) is 4.79 Å². The Morgan fingerprint density at radius 1 is 1.18 bits per heavy atom. The summed E-state index contributed by atoms with van der Waals surface area (Å²) in [6.07, 6.45) is 4.34. The van der Waals surface area contributed by atoms with E-state index >= 15 is 0 Å². The van der Waals surface area contributed by atoms with Crippen molar-refractivity contribution in [1.29, 1.82) is 0 Å². The van der Waals surface area contributed by atoms with Crippen LogP contribution in [0.5, 0.6) is 0 Å². The number of carbonyl (C=O) groups excluding carboxylic acids is 1. The van der Waals surface area contributed by atoms with Gasteiger partial charge in [0.1, 0.15) is 18.2 Å². The van der Waals surface area contributed by atoms with Crippen molar-refractivity contribution in [2.24, 2.45) is 10.7 Å². The number of carbonyl (C=O) groups is 1. The van der Waals surface area contributed by atoms with Crippen LogP contribution in [0.1, 0.15) is 32.6 Å². The number of nitrogens with two attached hydrogens (primary N) is 1. The van der Waals surface area contributed by atoms with Crippen LogP contribution in [-0.2, 0) is 14.8 Å². The predicted octanol–water partition coefficient (Wildman–Crippen LogP) is 3.87. The lowest BCUT2D eigenvalue weighted by Gasteiger charge is -2.43. The van der Waals surface area contributed by atoms with Crippen LogP contribution in [0.3, 0.4) is 0 Å². The van der Waals surface area contributed by atoms with Crippen molar-refractivity contribution in [3.8, 4) is 0 Å². The van der Waals surface area contributed by atoms with Crippen molar-refractivity contribution >= 4 is 50.7 Å². The summed E-state index contributed by atoms with van der Waals surface area (Å²) in [5, 5.41) is 3.86. The minimum absolute atomic E-state index is 0.0121. The van der Waals surface area contributed by atoms with E-state index in [4.69, 9.17) is 28.9 Å². The van der Waals surface area contributed by atoms with Crippen LogP contribution in [0.25, 0.3) is 0 Å². The molecule has 1 aromatic carbocycles. The molecule has 0 spiro atoms. The zero-order valence-electron chi connectivity index (χ0n) is 22.6. The first kappa shape index (κ1) is 31.3. The van der Waals surface area contributed by atoms with Gasteiger partial charge in [-0.1, -0.05) is 29.8 Å². The molecular weight excluding hydrogens is 566 g/mol. The number of allylic oxidation sites excluding steroid dienone is 1. The molecule has 1 aromatic rings. The molecule has 39 heavy (non-hydrogen) atoms. The number of amides is 1. The van der Waals surface area contributed by atoms with Gasteiger partial charge in [-0.15, -0.1) is 0 Å². The quantitative estimate of drug-likeness (QED) is 0.192. The molecule has 0 atom stereocenters. The standard InChI is InChI=1S/C26H37Cl2FN6O3S/c1-17(18(2)31-19-5-6-22(27)23(28)15-19)25(32-24(30)16-29)26(36)35-13-9-21(10-14-35)34-11-7-20(8-12-34)33(3)39(4,37)38/h5-6,15,20-21,31H,2,7-14,16H2,1,3-4H3,(H2,30,32)/b25-17-. The Labute approximate surface area is 240 Å². The van der Waals surface area contributed by atoms with Crippen molar-refractivity contribution in [1.82, 2.24) is 14.1 Å². The largest absolute Gasteiger partial charge is 0.385 e. The highest BCUT2D eigenvalue weighted by Crippen LogP contribution is 2.28. The molecule has 3 rings (SSSR count). The van der Waals surface area contributed by atoms with Gasteiger partial charge in [0.2, 0.25) is 10.0 Å². The lowest BCUT2D eigenvalue weighted by atomic mass is 9.97. The molecule has 3 N–H and O–H groups in total. The van der Waals surface area contributed by atoms with E-state index in [2.05, 4.69) is 21.8 Å². The van der Waals surface area contributed by atoms with E-state index < -0.39 is 16.7 Å². The van der Waals surface area contributed by atoms with Crippen LogP contribution < -0.4 is 11.1 Å². The van der Waals surface area contributed by atoms with Crippen molar-refractivity contribution in [3.63, 3.8) is 0 Å². The summed E-state index contributed by atoms with van der Waals surface area (Å²) in [5.74, 6) is -0.634. The Morgan fingerprint density at radius 2 is 1.79 bits per heavy atom. The lowest BCUT2D eigenvalue weighted by Crippen LogP contribution is -2.52. The van der Waals surface area contributed by atoms with Gasteiger partial charge in [-0.25, -0.2) is 22.1 Å². The average Bonchev–Trinajstić information content (AvgIpc) is 2.92. The second-order valence-electron chi connectivity index (χ2n) is 10.0. The first-order chi connectivity index (χ1) is 18.3. The minimum Gasteiger partial charge on any atom is -0.385 e. The molecule has 2 fully saturated rings. The second kappa shape index (κ2) is 13.5. The first-order valence-electron chi connectivity index (χ1n) is 12.8.